The molecule has 0 unspecified atom stereocenters. The van der Waals surface area contributed by atoms with Crippen LogP contribution in [0.1, 0.15) is 12.6 Å². The molecule has 0 saturated carbocycles. The Bertz CT molecular complexity index is 647. The van der Waals surface area contributed by atoms with E-state index in [-0.39, 0.29) is 0 Å². The lowest BCUT2D eigenvalue weighted by atomic mass is 10.1. The first-order valence-electron chi connectivity index (χ1n) is 6.61. The van der Waals surface area contributed by atoms with Crippen LogP contribution in [0, 0.1) is 6.92 Å². The quantitative estimate of drug-likeness (QED) is 0.915. The number of halogens is 1. The highest BCUT2D eigenvalue weighted by Crippen LogP contribution is 2.40. The molecule has 1 aromatic heterocycles. The molecule has 0 atom stereocenters. The van der Waals surface area contributed by atoms with Crippen molar-refractivity contribution in [1.29, 1.82) is 0 Å². The van der Waals surface area contributed by atoms with Gasteiger partial charge in [0.25, 0.3) is 0 Å². The molecule has 0 aliphatic heterocycles. The number of aromatic nitrogens is 2. The summed E-state index contributed by atoms with van der Waals surface area (Å²) in [5.41, 5.74) is 1.57. The molecule has 0 spiro atoms. The van der Waals surface area contributed by atoms with Crippen LogP contribution in [0.5, 0.6) is 11.5 Å². The Kier molecular flexibility index (Phi) is 4.85. The van der Waals surface area contributed by atoms with Gasteiger partial charge < -0.3 is 14.8 Å². The van der Waals surface area contributed by atoms with E-state index >= 15 is 0 Å². The molecule has 6 heteroatoms. The van der Waals surface area contributed by atoms with Crippen LogP contribution in [0.25, 0.3) is 11.4 Å². The zero-order valence-corrected chi connectivity index (χ0v) is 13.3. The van der Waals surface area contributed by atoms with Gasteiger partial charge in [0, 0.05) is 23.9 Å². The molecule has 112 valence electrons. The average Bonchev–Trinajstić information content (AvgIpc) is 2.46. The molecule has 0 saturated heterocycles. The largest absolute Gasteiger partial charge is 0.493 e. The molecule has 2 aromatic rings. The Labute approximate surface area is 129 Å². The minimum atomic E-state index is 0.435. The number of hydrogen-bond acceptors (Lipinski definition) is 5. The van der Waals surface area contributed by atoms with Gasteiger partial charge in [0.05, 0.1) is 19.2 Å². The first-order chi connectivity index (χ1) is 10.1. The highest BCUT2D eigenvalue weighted by Gasteiger charge is 2.16. The second kappa shape index (κ2) is 6.63. The Balaban J connectivity index is 2.56. The van der Waals surface area contributed by atoms with E-state index < -0.39 is 0 Å². The Morgan fingerprint density at radius 3 is 2.57 bits per heavy atom. The fraction of sp³-hybridized carbons (Fsp3) is 0.333. The summed E-state index contributed by atoms with van der Waals surface area (Å²) in [5, 5.41) is 3.61. The van der Waals surface area contributed by atoms with E-state index in [1.807, 2.05) is 26.0 Å². The van der Waals surface area contributed by atoms with E-state index in [1.54, 1.807) is 20.3 Å². The van der Waals surface area contributed by atoms with Crippen molar-refractivity contribution in [2.45, 2.75) is 13.8 Å². The molecule has 0 aliphatic carbocycles. The third kappa shape index (κ3) is 3.19. The molecule has 21 heavy (non-hydrogen) atoms. The van der Waals surface area contributed by atoms with Gasteiger partial charge in [-0.3, -0.25) is 0 Å². The molecule has 0 radical (unpaired) electrons. The van der Waals surface area contributed by atoms with Crippen molar-refractivity contribution in [1.82, 2.24) is 9.97 Å². The Hall–Kier alpha value is -2.01. The fourth-order valence-corrected chi connectivity index (χ4v) is 2.34. The summed E-state index contributed by atoms with van der Waals surface area (Å²) in [5.74, 6) is 2.38. The number of hydrogen-bond donors (Lipinski definition) is 1. The van der Waals surface area contributed by atoms with Crippen molar-refractivity contribution >= 4 is 17.4 Å². The van der Waals surface area contributed by atoms with Gasteiger partial charge in [0.1, 0.15) is 5.82 Å². The number of nitrogens with zero attached hydrogens (tertiary/aromatic N) is 2. The van der Waals surface area contributed by atoms with E-state index in [9.17, 15) is 0 Å². The molecule has 0 aliphatic rings. The topological polar surface area (TPSA) is 56.3 Å². The summed E-state index contributed by atoms with van der Waals surface area (Å²) in [4.78, 5) is 8.93. The van der Waals surface area contributed by atoms with Crippen LogP contribution in [-0.4, -0.2) is 30.7 Å². The smallest absolute Gasteiger partial charge is 0.180 e. The average molecular weight is 308 g/mol. The predicted octanol–water partition coefficient (Wildman–Crippen LogP) is 3.55. The van der Waals surface area contributed by atoms with Gasteiger partial charge in [-0.25, -0.2) is 9.97 Å². The maximum Gasteiger partial charge on any atom is 0.180 e. The van der Waals surface area contributed by atoms with E-state index in [4.69, 9.17) is 21.1 Å². The lowest BCUT2D eigenvalue weighted by Gasteiger charge is -2.13. The van der Waals surface area contributed by atoms with Crippen molar-refractivity contribution in [2.24, 2.45) is 0 Å². The van der Waals surface area contributed by atoms with Gasteiger partial charge in [0.15, 0.2) is 17.3 Å². The van der Waals surface area contributed by atoms with Gasteiger partial charge in [-0.1, -0.05) is 11.6 Å². The second-order valence-corrected chi connectivity index (χ2v) is 4.79. The molecule has 0 amide bonds. The molecular weight excluding hydrogens is 290 g/mol. The van der Waals surface area contributed by atoms with Crippen molar-refractivity contribution in [3.05, 3.63) is 28.9 Å². The van der Waals surface area contributed by atoms with E-state index in [1.165, 1.54) is 0 Å². The van der Waals surface area contributed by atoms with Crippen molar-refractivity contribution in [3.8, 4) is 22.9 Å². The molecule has 1 aromatic carbocycles. The number of ether oxygens (including phenoxy) is 2. The molecule has 1 heterocycles. The van der Waals surface area contributed by atoms with E-state index in [0.29, 0.717) is 27.9 Å². The number of nitrogens with one attached hydrogen (secondary N) is 1. The number of anilines is 1. The molecule has 5 nitrogen and oxygen atoms in total. The summed E-state index contributed by atoms with van der Waals surface area (Å²) in [7, 11) is 3.12. The van der Waals surface area contributed by atoms with Crippen LogP contribution in [0.2, 0.25) is 5.02 Å². The first-order valence-corrected chi connectivity index (χ1v) is 6.98. The summed E-state index contributed by atoms with van der Waals surface area (Å²) in [6, 6.07) is 5.51. The normalized spacial score (nSPS) is 10.3. The summed E-state index contributed by atoms with van der Waals surface area (Å²) >= 11 is 6.40. The van der Waals surface area contributed by atoms with Gasteiger partial charge in [0.2, 0.25) is 0 Å². The maximum atomic E-state index is 6.40. The number of rotatable bonds is 5. The Morgan fingerprint density at radius 1 is 1.19 bits per heavy atom. The number of aryl methyl sites for hydroxylation is 1. The summed E-state index contributed by atoms with van der Waals surface area (Å²) in [6.45, 7) is 4.72. The van der Waals surface area contributed by atoms with Gasteiger partial charge >= 0.3 is 0 Å². The van der Waals surface area contributed by atoms with Crippen molar-refractivity contribution < 1.29 is 9.47 Å². The van der Waals surface area contributed by atoms with Gasteiger partial charge in [-0.05, 0) is 26.0 Å². The van der Waals surface area contributed by atoms with Crippen LogP contribution in [0.15, 0.2) is 18.2 Å². The van der Waals surface area contributed by atoms with Gasteiger partial charge in [-0.15, -0.1) is 0 Å². The highest BCUT2D eigenvalue weighted by atomic mass is 35.5. The Morgan fingerprint density at radius 2 is 1.95 bits per heavy atom. The van der Waals surface area contributed by atoms with Crippen LogP contribution >= 0.6 is 11.6 Å². The van der Waals surface area contributed by atoms with Crippen molar-refractivity contribution in [3.63, 3.8) is 0 Å². The standard InChI is InChI=1S/C15H18ClN3O2/c1-5-17-12-8-9(2)18-15(19-12)10-6-7-11(20-3)14(21-4)13(10)16/h6-8H,5H2,1-4H3,(H,17,18,19). The van der Waals surface area contributed by atoms with Gasteiger partial charge in [-0.2, -0.15) is 0 Å². The van der Waals surface area contributed by atoms with Crippen LogP contribution in [0.3, 0.4) is 0 Å². The van der Waals surface area contributed by atoms with Crippen LogP contribution in [-0.2, 0) is 0 Å². The van der Waals surface area contributed by atoms with E-state index in [0.717, 1.165) is 18.1 Å². The highest BCUT2D eigenvalue weighted by molar-refractivity contribution is 6.35. The molecule has 0 bridgehead atoms. The molecule has 1 N–H and O–H groups in total. The lowest BCUT2D eigenvalue weighted by molar-refractivity contribution is 0.355. The summed E-state index contributed by atoms with van der Waals surface area (Å²) in [6.07, 6.45) is 0. The zero-order valence-electron chi connectivity index (χ0n) is 12.5. The minimum Gasteiger partial charge on any atom is -0.493 e. The maximum absolute atomic E-state index is 6.40. The molecule has 0 fully saturated rings. The first kappa shape index (κ1) is 15.4. The molecular formula is C15H18ClN3O2. The van der Waals surface area contributed by atoms with Crippen molar-refractivity contribution in [2.75, 3.05) is 26.1 Å². The fourth-order valence-electron chi connectivity index (χ4n) is 2.02. The number of methoxy groups -OCH3 is 2. The van der Waals surface area contributed by atoms with Crippen LogP contribution < -0.4 is 14.8 Å². The number of benzene rings is 1. The van der Waals surface area contributed by atoms with Crippen LogP contribution in [0.4, 0.5) is 5.82 Å². The second-order valence-electron chi connectivity index (χ2n) is 4.41. The lowest BCUT2D eigenvalue weighted by Crippen LogP contribution is -2.03. The minimum absolute atomic E-state index is 0.435. The molecule has 2 rings (SSSR count). The third-order valence-corrected chi connectivity index (χ3v) is 3.31. The predicted molar refractivity (Wildman–Crippen MR) is 84.5 cm³/mol. The third-order valence-electron chi connectivity index (χ3n) is 2.94. The SMILES string of the molecule is CCNc1cc(C)nc(-c2ccc(OC)c(OC)c2Cl)n1. The van der Waals surface area contributed by atoms with E-state index in [2.05, 4.69) is 15.3 Å². The zero-order chi connectivity index (χ0) is 15.4. The monoisotopic (exact) mass is 307 g/mol. The summed E-state index contributed by atoms with van der Waals surface area (Å²) < 4.78 is 10.5.